The van der Waals surface area contributed by atoms with Crippen LogP contribution in [0.15, 0.2) is 194 Å². The van der Waals surface area contributed by atoms with Crippen LogP contribution in [0.4, 0.5) is 0 Å². The maximum absolute atomic E-state index is 5.29. The van der Waals surface area contributed by atoms with Crippen LogP contribution in [-0.2, 0) is 0 Å². The molecule has 59 heavy (non-hydrogen) atoms. The summed E-state index contributed by atoms with van der Waals surface area (Å²) >= 11 is 1.81. The summed E-state index contributed by atoms with van der Waals surface area (Å²) in [6.45, 7) is 0. The lowest BCUT2D eigenvalue weighted by molar-refractivity contribution is 1.07. The lowest BCUT2D eigenvalue weighted by atomic mass is 9.86. The van der Waals surface area contributed by atoms with Crippen molar-refractivity contribution in [2.24, 2.45) is 0 Å². The average Bonchev–Trinajstić information content (AvgIpc) is 3.69. The quantitative estimate of drug-likeness (QED) is 0.164. The third kappa shape index (κ3) is 5.58. The highest BCUT2D eigenvalue weighted by Crippen LogP contribution is 2.44. The standard InChI is InChI=1S/C54H32N4S/c1-2-13-33(14-3-1)52-56-53(34-24-25-50-47(30-34)43-20-10-11-23-49(43)59-50)58-54(57-52)38-28-36(35-15-12-26-55-32-35)27-37(29-38)46-31-48-41-18-5-4-16-39(41)40-17-6-8-21-44(40)51(48)45-22-9-7-19-42(45)46/h1-32H. The zero-order valence-corrected chi connectivity index (χ0v) is 32.5. The Morgan fingerprint density at radius 2 is 0.847 bits per heavy atom. The largest absolute Gasteiger partial charge is 0.264 e. The van der Waals surface area contributed by atoms with Crippen molar-refractivity contribution in [1.29, 1.82) is 0 Å². The van der Waals surface area contributed by atoms with Crippen LogP contribution in [0.2, 0.25) is 0 Å². The van der Waals surface area contributed by atoms with E-state index >= 15 is 0 Å². The molecule has 12 aromatic rings. The summed E-state index contributed by atoms with van der Waals surface area (Å²) in [4.78, 5) is 20.2. The molecule has 5 heteroatoms. The average molecular weight is 769 g/mol. The number of aromatic nitrogens is 4. The van der Waals surface area contributed by atoms with E-state index < -0.39 is 0 Å². The van der Waals surface area contributed by atoms with E-state index in [4.69, 9.17) is 15.0 Å². The van der Waals surface area contributed by atoms with Crippen molar-refractivity contribution in [3.05, 3.63) is 194 Å². The molecule has 9 aromatic carbocycles. The fraction of sp³-hybridized carbons (Fsp3) is 0. The van der Waals surface area contributed by atoms with Crippen LogP contribution >= 0.6 is 11.3 Å². The van der Waals surface area contributed by atoms with Gasteiger partial charge in [-0.05, 0) is 114 Å². The third-order valence-corrected chi connectivity index (χ3v) is 12.7. The van der Waals surface area contributed by atoms with Gasteiger partial charge in [-0.25, -0.2) is 15.0 Å². The van der Waals surface area contributed by atoms with Crippen LogP contribution in [-0.4, -0.2) is 19.9 Å². The number of benzene rings is 9. The molecular formula is C54H32N4S. The molecule has 12 rings (SSSR count). The molecule has 0 unspecified atom stereocenters. The highest BCUT2D eigenvalue weighted by atomic mass is 32.1. The van der Waals surface area contributed by atoms with Gasteiger partial charge in [0, 0.05) is 54.8 Å². The van der Waals surface area contributed by atoms with Crippen molar-refractivity contribution < 1.29 is 0 Å². The molecule has 0 aliphatic heterocycles. The van der Waals surface area contributed by atoms with Crippen LogP contribution in [0.25, 0.3) is 120 Å². The van der Waals surface area contributed by atoms with Gasteiger partial charge in [0.2, 0.25) is 0 Å². The van der Waals surface area contributed by atoms with Gasteiger partial charge in [-0.2, -0.15) is 0 Å². The first-order valence-electron chi connectivity index (χ1n) is 19.8. The topological polar surface area (TPSA) is 51.6 Å². The predicted molar refractivity (Wildman–Crippen MR) is 248 cm³/mol. The van der Waals surface area contributed by atoms with Gasteiger partial charge in [-0.1, -0.05) is 127 Å². The SMILES string of the molecule is c1ccc(-c2nc(-c3cc(-c4cccnc4)cc(-c4cc5c6ccccc6c6ccccc6c5c5ccccc45)c3)nc(-c3ccc4sc5ccccc5c4c3)n2)cc1. The molecule has 0 amide bonds. The first-order valence-corrected chi connectivity index (χ1v) is 20.6. The van der Waals surface area contributed by atoms with Gasteiger partial charge >= 0.3 is 0 Å². The van der Waals surface area contributed by atoms with Gasteiger partial charge in [0.05, 0.1) is 0 Å². The Morgan fingerprint density at radius 1 is 0.305 bits per heavy atom. The summed E-state index contributed by atoms with van der Waals surface area (Å²) in [5, 5.41) is 12.4. The van der Waals surface area contributed by atoms with E-state index in [1.54, 1.807) is 0 Å². The smallest absolute Gasteiger partial charge is 0.164 e. The van der Waals surface area contributed by atoms with E-state index in [1.165, 1.54) is 63.3 Å². The fourth-order valence-electron chi connectivity index (χ4n) is 8.83. The van der Waals surface area contributed by atoms with Crippen molar-refractivity contribution >= 4 is 74.6 Å². The number of nitrogens with zero attached hydrogens (tertiary/aromatic N) is 4. The van der Waals surface area contributed by atoms with E-state index in [0.717, 1.165) is 38.9 Å². The third-order valence-electron chi connectivity index (χ3n) is 11.5. The van der Waals surface area contributed by atoms with E-state index in [-0.39, 0.29) is 0 Å². The Labute approximate surface area is 343 Å². The molecule has 0 atom stereocenters. The number of rotatable bonds is 5. The molecule has 0 radical (unpaired) electrons. The van der Waals surface area contributed by atoms with E-state index in [0.29, 0.717) is 17.5 Å². The van der Waals surface area contributed by atoms with Gasteiger partial charge in [0.1, 0.15) is 0 Å². The molecule has 0 N–H and O–H groups in total. The lowest BCUT2D eigenvalue weighted by Gasteiger charge is -2.17. The van der Waals surface area contributed by atoms with Gasteiger partial charge < -0.3 is 0 Å². The lowest BCUT2D eigenvalue weighted by Crippen LogP contribution is -2.00. The molecule has 0 spiro atoms. The Hall–Kier alpha value is -7.60. The summed E-state index contributed by atoms with van der Waals surface area (Å²) < 4.78 is 2.51. The van der Waals surface area contributed by atoms with Gasteiger partial charge in [0.25, 0.3) is 0 Å². The Balaban J connectivity index is 1.14. The summed E-state index contributed by atoms with van der Waals surface area (Å²) in [5.74, 6) is 1.87. The summed E-state index contributed by atoms with van der Waals surface area (Å²) in [5.41, 5.74) is 7.06. The van der Waals surface area contributed by atoms with E-state index in [2.05, 4.69) is 163 Å². The van der Waals surface area contributed by atoms with E-state index in [9.17, 15) is 0 Å². The number of hydrogen-bond donors (Lipinski definition) is 0. The summed E-state index contributed by atoms with van der Waals surface area (Å²) in [7, 11) is 0. The highest BCUT2D eigenvalue weighted by Gasteiger charge is 2.19. The zero-order chi connectivity index (χ0) is 38.9. The van der Waals surface area contributed by atoms with Crippen molar-refractivity contribution in [2.45, 2.75) is 0 Å². The maximum atomic E-state index is 5.29. The molecule has 0 aliphatic carbocycles. The van der Waals surface area contributed by atoms with Gasteiger partial charge in [0.15, 0.2) is 17.5 Å². The second-order valence-electron chi connectivity index (χ2n) is 15.0. The van der Waals surface area contributed by atoms with Crippen LogP contribution in [0.1, 0.15) is 0 Å². The Bertz CT molecular complexity index is 3610. The normalized spacial score (nSPS) is 11.7. The second kappa shape index (κ2) is 13.5. The predicted octanol–water partition coefficient (Wildman–Crippen LogP) is 14.6. The van der Waals surface area contributed by atoms with Crippen molar-refractivity contribution in [1.82, 2.24) is 19.9 Å². The number of fused-ring (bicyclic) bond motifs is 11. The molecule has 0 saturated carbocycles. The Kier molecular flexibility index (Phi) is 7.68. The van der Waals surface area contributed by atoms with Gasteiger partial charge in [-0.15, -0.1) is 11.3 Å². The van der Waals surface area contributed by atoms with Crippen LogP contribution in [0.5, 0.6) is 0 Å². The van der Waals surface area contributed by atoms with Gasteiger partial charge in [-0.3, -0.25) is 4.98 Å². The second-order valence-corrected chi connectivity index (χ2v) is 16.1. The number of pyridine rings is 1. The van der Waals surface area contributed by atoms with Crippen LogP contribution in [0, 0.1) is 0 Å². The maximum Gasteiger partial charge on any atom is 0.164 e. The van der Waals surface area contributed by atoms with Crippen LogP contribution < -0.4 is 0 Å². The summed E-state index contributed by atoms with van der Waals surface area (Å²) in [6.07, 6.45) is 3.74. The molecule has 274 valence electrons. The summed E-state index contributed by atoms with van der Waals surface area (Å²) in [6, 6.07) is 65.0. The molecule has 4 nitrogen and oxygen atoms in total. The molecule has 3 heterocycles. The highest BCUT2D eigenvalue weighted by molar-refractivity contribution is 7.25. The first-order chi connectivity index (χ1) is 29.2. The number of thiophene rings is 1. The van der Waals surface area contributed by atoms with Crippen LogP contribution in [0.3, 0.4) is 0 Å². The molecule has 3 aromatic heterocycles. The van der Waals surface area contributed by atoms with Crippen molar-refractivity contribution in [3.63, 3.8) is 0 Å². The first kappa shape index (κ1) is 33.5. The minimum absolute atomic E-state index is 0.609. The molecule has 0 fully saturated rings. The molecule has 0 saturated heterocycles. The zero-order valence-electron chi connectivity index (χ0n) is 31.7. The van der Waals surface area contributed by atoms with E-state index in [1.807, 2.05) is 48.0 Å². The van der Waals surface area contributed by atoms with Crippen molar-refractivity contribution in [2.75, 3.05) is 0 Å². The molecule has 0 bridgehead atoms. The number of hydrogen-bond acceptors (Lipinski definition) is 5. The minimum Gasteiger partial charge on any atom is -0.264 e. The molecule has 0 aliphatic rings. The fourth-order valence-corrected chi connectivity index (χ4v) is 9.92. The minimum atomic E-state index is 0.609. The van der Waals surface area contributed by atoms with Crippen molar-refractivity contribution in [3.8, 4) is 56.4 Å². The molecular weight excluding hydrogens is 737 g/mol. The Morgan fingerprint density at radius 3 is 1.59 bits per heavy atom. The monoisotopic (exact) mass is 768 g/mol.